The molecule has 0 aliphatic carbocycles. The molecule has 88 valence electrons. The molecule has 0 fully saturated rings. The van der Waals surface area contributed by atoms with Crippen LogP contribution in [0.5, 0.6) is 0 Å². The molecule has 1 rings (SSSR count). The Hall–Kier alpha value is -1.04. The number of benzene rings is 1. The number of hydrogen-bond acceptors (Lipinski definition) is 2. The fraction of sp³-hybridized carbons (Fsp3) is 0.300. The van der Waals surface area contributed by atoms with Crippen LogP contribution in [-0.2, 0) is 15.7 Å². The van der Waals surface area contributed by atoms with Gasteiger partial charge in [0.2, 0.25) is 0 Å². The first-order valence-corrected chi connectivity index (χ1v) is 5.17. The van der Waals surface area contributed by atoms with Crippen molar-refractivity contribution in [2.75, 3.05) is 7.11 Å². The van der Waals surface area contributed by atoms with E-state index in [0.29, 0.717) is 0 Å². The Bertz CT molecular complexity index is 390. The zero-order chi connectivity index (χ0) is 12.3. The number of rotatable bonds is 2. The van der Waals surface area contributed by atoms with Crippen molar-refractivity contribution >= 4 is 21.9 Å². The molecular weight excluding hydrogens is 289 g/mol. The molecule has 0 aliphatic rings. The lowest BCUT2D eigenvalue weighted by atomic mass is 10.0. The molecule has 0 saturated heterocycles. The summed E-state index contributed by atoms with van der Waals surface area (Å²) in [5.41, 5.74) is -0.996. The third-order valence-corrected chi connectivity index (χ3v) is 2.81. The maximum Gasteiger partial charge on any atom is 0.416 e. The number of methoxy groups -OCH3 is 1. The normalized spacial score (nSPS) is 13.3. The van der Waals surface area contributed by atoms with Crippen LogP contribution in [0.4, 0.5) is 13.2 Å². The Kier molecular flexibility index (Phi) is 3.96. The van der Waals surface area contributed by atoms with Crippen LogP contribution in [0, 0.1) is 0 Å². The minimum absolute atomic E-state index is 0.151. The van der Waals surface area contributed by atoms with Crippen molar-refractivity contribution in [1.29, 1.82) is 0 Å². The van der Waals surface area contributed by atoms with Gasteiger partial charge >= 0.3 is 12.1 Å². The fourth-order valence-corrected chi connectivity index (χ4v) is 1.79. The highest BCUT2D eigenvalue weighted by Gasteiger charge is 2.36. The molecule has 0 saturated carbocycles. The molecule has 0 spiro atoms. The van der Waals surface area contributed by atoms with E-state index in [4.69, 9.17) is 0 Å². The summed E-state index contributed by atoms with van der Waals surface area (Å²) in [6.45, 7) is 0. The van der Waals surface area contributed by atoms with Gasteiger partial charge in [-0.3, -0.25) is 4.79 Å². The lowest BCUT2D eigenvalue weighted by Gasteiger charge is -2.15. The van der Waals surface area contributed by atoms with Crippen molar-refractivity contribution in [2.24, 2.45) is 0 Å². The van der Waals surface area contributed by atoms with Crippen LogP contribution >= 0.6 is 15.9 Å². The summed E-state index contributed by atoms with van der Waals surface area (Å²) < 4.78 is 42.2. The monoisotopic (exact) mass is 296 g/mol. The van der Waals surface area contributed by atoms with E-state index in [0.717, 1.165) is 13.2 Å². The Morgan fingerprint density at radius 2 is 1.94 bits per heavy atom. The fourth-order valence-electron chi connectivity index (χ4n) is 1.21. The number of hydrogen-bond donors (Lipinski definition) is 0. The van der Waals surface area contributed by atoms with Gasteiger partial charge in [0.15, 0.2) is 0 Å². The van der Waals surface area contributed by atoms with Crippen LogP contribution < -0.4 is 0 Å². The molecule has 0 aliphatic heterocycles. The van der Waals surface area contributed by atoms with Crippen molar-refractivity contribution < 1.29 is 22.7 Å². The van der Waals surface area contributed by atoms with Gasteiger partial charge in [0, 0.05) is 0 Å². The van der Waals surface area contributed by atoms with E-state index < -0.39 is 22.5 Å². The van der Waals surface area contributed by atoms with Crippen LogP contribution in [-0.4, -0.2) is 13.1 Å². The number of esters is 1. The molecule has 0 amide bonds. The van der Waals surface area contributed by atoms with E-state index in [1.165, 1.54) is 18.2 Å². The lowest BCUT2D eigenvalue weighted by molar-refractivity contribution is -0.141. The van der Waals surface area contributed by atoms with Crippen LogP contribution in [0.2, 0.25) is 0 Å². The zero-order valence-electron chi connectivity index (χ0n) is 8.22. The Labute approximate surface area is 98.5 Å². The van der Waals surface area contributed by atoms with Gasteiger partial charge in [-0.1, -0.05) is 34.1 Å². The molecule has 0 N–H and O–H groups in total. The van der Waals surface area contributed by atoms with Crippen molar-refractivity contribution in [3.8, 4) is 0 Å². The smallest absolute Gasteiger partial charge is 0.416 e. The summed E-state index contributed by atoms with van der Waals surface area (Å²) in [6.07, 6.45) is -4.49. The van der Waals surface area contributed by atoms with Crippen LogP contribution in [0.15, 0.2) is 24.3 Å². The summed E-state index contributed by atoms with van der Waals surface area (Å²) >= 11 is 2.88. The van der Waals surface area contributed by atoms with Gasteiger partial charge in [-0.2, -0.15) is 13.2 Å². The molecule has 1 unspecified atom stereocenters. The number of halogens is 4. The number of carbonyl (C=O) groups is 1. The molecule has 6 heteroatoms. The molecule has 1 aromatic rings. The first-order chi connectivity index (χ1) is 7.38. The van der Waals surface area contributed by atoms with Crippen LogP contribution in [0.3, 0.4) is 0 Å². The maximum absolute atomic E-state index is 12.6. The van der Waals surface area contributed by atoms with Gasteiger partial charge in [-0.05, 0) is 11.6 Å². The van der Waals surface area contributed by atoms with Gasteiger partial charge in [-0.15, -0.1) is 0 Å². The van der Waals surface area contributed by atoms with Gasteiger partial charge in [0.1, 0.15) is 4.83 Å². The predicted octanol–water partition coefficient (Wildman–Crippen LogP) is 3.31. The minimum Gasteiger partial charge on any atom is -0.468 e. The second kappa shape index (κ2) is 4.86. The second-order valence-corrected chi connectivity index (χ2v) is 3.89. The Morgan fingerprint density at radius 1 is 1.38 bits per heavy atom. The largest absolute Gasteiger partial charge is 0.468 e. The highest BCUT2D eigenvalue weighted by molar-refractivity contribution is 9.09. The topological polar surface area (TPSA) is 26.3 Å². The molecule has 0 heterocycles. The van der Waals surface area contributed by atoms with Crippen LogP contribution in [0.25, 0.3) is 0 Å². The summed E-state index contributed by atoms with van der Waals surface area (Å²) in [4.78, 5) is 10.0. The van der Waals surface area contributed by atoms with Gasteiger partial charge < -0.3 is 4.74 Å². The highest BCUT2D eigenvalue weighted by atomic mass is 79.9. The summed E-state index contributed by atoms with van der Waals surface area (Å²) in [5.74, 6) is -0.767. The van der Waals surface area contributed by atoms with E-state index in [1.54, 1.807) is 0 Å². The number of ether oxygens (including phenoxy) is 1. The standard InChI is InChI=1S/C10H8BrF3O2/c1-16-9(15)8(11)6-4-2-3-5-7(6)10(12,13)14/h2-5,8H,1H3. The van der Waals surface area contributed by atoms with E-state index >= 15 is 0 Å². The molecule has 2 nitrogen and oxygen atoms in total. The van der Waals surface area contributed by atoms with Crippen molar-refractivity contribution in [1.82, 2.24) is 0 Å². The Balaban J connectivity index is 3.19. The van der Waals surface area contributed by atoms with Gasteiger partial charge in [0.05, 0.1) is 12.7 Å². The lowest BCUT2D eigenvalue weighted by Crippen LogP contribution is -2.15. The van der Waals surface area contributed by atoms with Gasteiger partial charge in [-0.25, -0.2) is 0 Å². The van der Waals surface area contributed by atoms with E-state index in [2.05, 4.69) is 20.7 Å². The molecule has 0 radical (unpaired) electrons. The third-order valence-electron chi connectivity index (χ3n) is 1.95. The average molecular weight is 297 g/mol. The zero-order valence-corrected chi connectivity index (χ0v) is 9.80. The van der Waals surface area contributed by atoms with Crippen molar-refractivity contribution in [3.63, 3.8) is 0 Å². The molecular formula is C10H8BrF3O2. The summed E-state index contributed by atoms with van der Waals surface area (Å²) in [5, 5.41) is 0. The number of alkyl halides is 4. The first kappa shape index (κ1) is 13.0. The average Bonchev–Trinajstić information content (AvgIpc) is 2.26. The highest BCUT2D eigenvalue weighted by Crippen LogP contribution is 2.37. The molecule has 1 aromatic carbocycles. The van der Waals surface area contributed by atoms with Crippen LogP contribution in [0.1, 0.15) is 16.0 Å². The van der Waals surface area contributed by atoms with Crippen molar-refractivity contribution in [2.45, 2.75) is 11.0 Å². The van der Waals surface area contributed by atoms with E-state index in [-0.39, 0.29) is 5.56 Å². The predicted molar refractivity (Wildman–Crippen MR) is 55.1 cm³/mol. The Morgan fingerprint density at radius 3 is 2.44 bits per heavy atom. The van der Waals surface area contributed by atoms with Crippen molar-refractivity contribution in [3.05, 3.63) is 35.4 Å². The number of carbonyl (C=O) groups excluding carboxylic acids is 1. The molecule has 1 atom stereocenters. The molecule has 0 aromatic heterocycles. The first-order valence-electron chi connectivity index (χ1n) is 4.26. The van der Waals surface area contributed by atoms with E-state index in [9.17, 15) is 18.0 Å². The van der Waals surface area contributed by atoms with E-state index in [1.807, 2.05) is 0 Å². The summed E-state index contributed by atoms with van der Waals surface area (Å²) in [7, 11) is 1.12. The molecule has 16 heavy (non-hydrogen) atoms. The molecule has 0 bridgehead atoms. The second-order valence-electron chi connectivity index (χ2n) is 2.97. The minimum atomic E-state index is -4.49. The third kappa shape index (κ3) is 2.75. The van der Waals surface area contributed by atoms with Gasteiger partial charge in [0.25, 0.3) is 0 Å². The quantitative estimate of drug-likeness (QED) is 0.618. The SMILES string of the molecule is COC(=O)C(Br)c1ccccc1C(F)(F)F. The summed E-state index contributed by atoms with van der Waals surface area (Å²) in [6, 6.07) is 4.86. The maximum atomic E-state index is 12.6.